The van der Waals surface area contributed by atoms with E-state index < -0.39 is 0 Å². The monoisotopic (exact) mass is 326 g/mol. The number of ether oxygens (including phenoxy) is 1. The first kappa shape index (κ1) is 22.5. The van der Waals surface area contributed by atoms with Gasteiger partial charge in [0.05, 0.1) is 12.0 Å². The molecule has 0 aliphatic heterocycles. The molecule has 0 amide bonds. The highest BCUT2D eigenvalue weighted by Gasteiger charge is 2.28. The molecular formula is C21H42O2. The fourth-order valence-corrected chi connectivity index (χ4v) is 2.90. The lowest BCUT2D eigenvalue weighted by molar-refractivity contribution is -0.154. The van der Waals surface area contributed by atoms with Crippen molar-refractivity contribution in [3.8, 4) is 0 Å². The highest BCUT2D eigenvalue weighted by Crippen LogP contribution is 2.26. The van der Waals surface area contributed by atoms with E-state index in [0.717, 1.165) is 19.3 Å². The average molecular weight is 327 g/mol. The molecule has 2 heteroatoms. The summed E-state index contributed by atoms with van der Waals surface area (Å²) in [4.78, 5) is 11.9. The number of rotatable bonds is 16. The zero-order valence-electron chi connectivity index (χ0n) is 16.4. The highest BCUT2D eigenvalue weighted by atomic mass is 16.5. The lowest BCUT2D eigenvalue weighted by Gasteiger charge is -2.22. The molecule has 0 saturated carbocycles. The molecule has 0 atom stereocenters. The molecule has 0 rings (SSSR count). The fourth-order valence-electron chi connectivity index (χ4n) is 2.90. The maximum atomic E-state index is 11.9. The van der Waals surface area contributed by atoms with Crippen LogP contribution in [-0.4, -0.2) is 12.6 Å². The van der Waals surface area contributed by atoms with Crippen molar-refractivity contribution in [1.29, 1.82) is 0 Å². The van der Waals surface area contributed by atoms with Crippen LogP contribution in [0.2, 0.25) is 0 Å². The van der Waals surface area contributed by atoms with Gasteiger partial charge in [0, 0.05) is 0 Å². The number of unbranched alkanes of at least 4 members (excludes halogenated alkanes) is 11. The van der Waals surface area contributed by atoms with Gasteiger partial charge in [0.15, 0.2) is 0 Å². The van der Waals surface area contributed by atoms with Gasteiger partial charge in [0.1, 0.15) is 0 Å². The lowest BCUT2D eigenvalue weighted by atomic mass is 9.87. The Morgan fingerprint density at radius 2 is 1.13 bits per heavy atom. The van der Waals surface area contributed by atoms with Crippen molar-refractivity contribution in [2.24, 2.45) is 5.41 Å². The minimum Gasteiger partial charge on any atom is -0.465 e. The van der Waals surface area contributed by atoms with Crippen LogP contribution in [0.1, 0.15) is 118 Å². The third-order valence-corrected chi connectivity index (χ3v) is 4.65. The zero-order valence-corrected chi connectivity index (χ0v) is 16.4. The molecule has 0 aliphatic rings. The summed E-state index contributed by atoms with van der Waals surface area (Å²) < 4.78 is 5.27. The lowest BCUT2D eigenvalue weighted by Crippen LogP contribution is -2.26. The van der Waals surface area contributed by atoms with E-state index in [1.807, 2.05) is 20.8 Å². The maximum absolute atomic E-state index is 11.9. The average Bonchev–Trinajstić information content (AvgIpc) is 2.53. The minimum atomic E-state index is -0.312. The second-order valence-corrected chi connectivity index (χ2v) is 7.66. The number of hydrogen-bond donors (Lipinski definition) is 0. The number of carbonyl (C=O) groups is 1. The van der Waals surface area contributed by atoms with Crippen molar-refractivity contribution in [3.63, 3.8) is 0 Å². The van der Waals surface area contributed by atoms with Crippen molar-refractivity contribution in [2.45, 2.75) is 118 Å². The molecule has 0 spiro atoms. The first-order chi connectivity index (χ1) is 11.0. The molecule has 0 saturated heterocycles. The van der Waals surface area contributed by atoms with E-state index in [1.165, 1.54) is 70.6 Å². The van der Waals surface area contributed by atoms with E-state index in [9.17, 15) is 4.79 Å². The minimum absolute atomic E-state index is 0.0255. The summed E-state index contributed by atoms with van der Waals surface area (Å²) in [6, 6.07) is 0. The van der Waals surface area contributed by atoms with Gasteiger partial charge in [-0.05, 0) is 26.7 Å². The van der Waals surface area contributed by atoms with Gasteiger partial charge in [-0.1, -0.05) is 90.9 Å². The van der Waals surface area contributed by atoms with Crippen LogP contribution < -0.4 is 0 Å². The Bertz CT molecular complexity index is 271. The molecule has 0 aromatic carbocycles. The molecule has 0 aromatic heterocycles. The summed E-state index contributed by atoms with van der Waals surface area (Å²) in [6.07, 6.45) is 18.1. The topological polar surface area (TPSA) is 26.3 Å². The van der Waals surface area contributed by atoms with Gasteiger partial charge in [-0.2, -0.15) is 0 Å². The van der Waals surface area contributed by atoms with E-state index in [-0.39, 0.29) is 11.4 Å². The van der Waals surface area contributed by atoms with Crippen LogP contribution >= 0.6 is 0 Å². The summed E-state index contributed by atoms with van der Waals surface area (Å²) in [7, 11) is 0. The van der Waals surface area contributed by atoms with E-state index in [0.29, 0.717) is 6.61 Å². The molecule has 138 valence electrons. The van der Waals surface area contributed by atoms with Crippen molar-refractivity contribution in [3.05, 3.63) is 0 Å². The van der Waals surface area contributed by atoms with E-state index in [1.54, 1.807) is 0 Å². The quantitative estimate of drug-likeness (QED) is 0.224. The fraction of sp³-hybridized carbons (Fsp3) is 0.952. The number of hydrogen-bond acceptors (Lipinski definition) is 2. The van der Waals surface area contributed by atoms with Crippen molar-refractivity contribution in [2.75, 3.05) is 6.61 Å². The van der Waals surface area contributed by atoms with Gasteiger partial charge in [-0.15, -0.1) is 0 Å². The van der Waals surface area contributed by atoms with Crippen molar-refractivity contribution in [1.82, 2.24) is 0 Å². The van der Waals surface area contributed by atoms with Crippen LogP contribution in [0.4, 0.5) is 0 Å². The molecule has 0 aliphatic carbocycles. The molecule has 0 heterocycles. The van der Waals surface area contributed by atoms with Crippen LogP contribution in [-0.2, 0) is 9.53 Å². The Kier molecular flexibility index (Phi) is 14.7. The van der Waals surface area contributed by atoms with Crippen molar-refractivity contribution < 1.29 is 9.53 Å². The highest BCUT2D eigenvalue weighted by molar-refractivity contribution is 5.75. The molecule has 0 fully saturated rings. The molecule has 0 bridgehead atoms. The first-order valence-electron chi connectivity index (χ1n) is 10.2. The second-order valence-electron chi connectivity index (χ2n) is 7.66. The summed E-state index contributed by atoms with van der Waals surface area (Å²) in [6.45, 7) is 8.90. The summed E-state index contributed by atoms with van der Waals surface area (Å²) >= 11 is 0. The molecule has 23 heavy (non-hydrogen) atoms. The maximum Gasteiger partial charge on any atom is 0.311 e. The van der Waals surface area contributed by atoms with Crippen LogP contribution in [0.15, 0.2) is 0 Å². The second kappa shape index (κ2) is 15.0. The van der Waals surface area contributed by atoms with Crippen LogP contribution in [0.3, 0.4) is 0 Å². The standard InChI is InChI=1S/C21H42O2/c1-5-7-8-9-10-11-12-13-14-15-16-17-18-21(3,4)20(22)23-19-6-2/h5-19H2,1-4H3. The Hall–Kier alpha value is -0.530. The molecule has 0 unspecified atom stereocenters. The molecule has 0 N–H and O–H groups in total. The third kappa shape index (κ3) is 13.6. The Balaban J connectivity index is 3.39. The molecule has 0 aromatic rings. The third-order valence-electron chi connectivity index (χ3n) is 4.65. The number of carbonyl (C=O) groups excluding carboxylic acids is 1. The van der Waals surface area contributed by atoms with Crippen molar-refractivity contribution >= 4 is 5.97 Å². The predicted octanol–water partition coefficient (Wildman–Crippen LogP) is 7.06. The van der Waals surface area contributed by atoms with Gasteiger partial charge in [-0.25, -0.2) is 0 Å². The summed E-state index contributed by atoms with van der Waals surface area (Å²) in [5.41, 5.74) is -0.312. The van der Waals surface area contributed by atoms with Gasteiger partial charge in [-0.3, -0.25) is 4.79 Å². The van der Waals surface area contributed by atoms with Gasteiger partial charge < -0.3 is 4.74 Å². The zero-order chi connectivity index (χ0) is 17.4. The molecule has 0 radical (unpaired) electrons. The predicted molar refractivity (Wildman–Crippen MR) is 101 cm³/mol. The Morgan fingerprint density at radius 1 is 0.696 bits per heavy atom. The summed E-state index contributed by atoms with van der Waals surface area (Å²) in [5.74, 6) is -0.0255. The van der Waals surface area contributed by atoms with Gasteiger partial charge in [0.2, 0.25) is 0 Å². The summed E-state index contributed by atoms with van der Waals surface area (Å²) in [5, 5.41) is 0. The van der Waals surface area contributed by atoms with E-state index >= 15 is 0 Å². The number of esters is 1. The molecular weight excluding hydrogens is 284 g/mol. The largest absolute Gasteiger partial charge is 0.465 e. The normalized spacial score (nSPS) is 11.7. The van der Waals surface area contributed by atoms with Gasteiger partial charge in [0.25, 0.3) is 0 Å². The van der Waals surface area contributed by atoms with Gasteiger partial charge >= 0.3 is 5.97 Å². The van der Waals surface area contributed by atoms with E-state index in [2.05, 4.69) is 6.92 Å². The van der Waals surface area contributed by atoms with Crippen LogP contribution in [0.25, 0.3) is 0 Å². The van der Waals surface area contributed by atoms with Crippen LogP contribution in [0, 0.1) is 5.41 Å². The molecule has 2 nitrogen and oxygen atoms in total. The Morgan fingerprint density at radius 3 is 1.57 bits per heavy atom. The Labute approximate surface area is 145 Å². The van der Waals surface area contributed by atoms with E-state index in [4.69, 9.17) is 4.74 Å². The first-order valence-corrected chi connectivity index (χ1v) is 10.2. The SMILES string of the molecule is CCCCCCCCCCCCCCC(C)(C)C(=O)OCCC. The van der Waals surface area contributed by atoms with Crippen LogP contribution in [0.5, 0.6) is 0 Å². The smallest absolute Gasteiger partial charge is 0.311 e.